The van der Waals surface area contributed by atoms with Gasteiger partial charge in [-0.1, -0.05) is 29.3 Å². The van der Waals surface area contributed by atoms with Gasteiger partial charge in [0.2, 0.25) is 0 Å². The van der Waals surface area contributed by atoms with Crippen molar-refractivity contribution >= 4 is 23.4 Å². The first-order valence-corrected chi connectivity index (χ1v) is 8.22. The van der Waals surface area contributed by atoms with E-state index < -0.39 is 0 Å². The molecule has 2 N–H and O–H groups in total. The number of benzene rings is 2. The van der Waals surface area contributed by atoms with Crippen LogP contribution in [0.1, 0.15) is 11.1 Å². The number of methoxy groups -OCH3 is 1. The second kappa shape index (κ2) is 7.74. The molecule has 0 heterocycles. The first kappa shape index (κ1) is 16.2. The van der Waals surface area contributed by atoms with Gasteiger partial charge in [0.1, 0.15) is 5.75 Å². The van der Waals surface area contributed by atoms with Gasteiger partial charge >= 0.3 is 0 Å². The first-order valence-electron chi connectivity index (χ1n) is 6.86. The molecular weight excluding hydrogens is 302 g/mol. The monoisotopic (exact) mass is 321 g/mol. The Bertz CT molecular complexity index is 603. The lowest BCUT2D eigenvalue weighted by molar-refractivity contribution is 0.408. The van der Waals surface area contributed by atoms with Crippen molar-refractivity contribution in [2.45, 2.75) is 24.3 Å². The summed E-state index contributed by atoms with van der Waals surface area (Å²) in [6.07, 6.45) is 0.753. The van der Waals surface area contributed by atoms with Gasteiger partial charge in [-0.25, -0.2) is 0 Å². The third kappa shape index (κ3) is 4.95. The second-order valence-corrected chi connectivity index (χ2v) is 6.58. The van der Waals surface area contributed by atoms with Crippen LogP contribution in [0.2, 0.25) is 5.02 Å². The standard InChI is InChI=1S/C17H20ClNOS/c1-12-4-3-5-16(8-12)21-11-15(19)10-13-9-14(18)6-7-17(13)20-2/h3-9,15H,10-11,19H2,1-2H3. The van der Waals surface area contributed by atoms with Gasteiger partial charge in [-0.2, -0.15) is 0 Å². The minimum Gasteiger partial charge on any atom is -0.496 e. The van der Waals surface area contributed by atoms with Gasteiger partial charge in [-0.15, -0.1) is 11.8 Å². The van der Waals surface area contributed by atoms with Crippen molar-refractivity contribution in [2.75, 3.05) is 12.9 Å². The number of hydrogen-bond acceptors (Lipinski definition) is 3. The van der Waals surface area contributed by atoms with Gasteiger partial charge in [0.25, 0.3) is 0 Å². The van der Waals surface area contributed by atoms with Crippen molar-refractivity contribution < 1.29 is 4.74 Å². The van der Waals surface area contributed by atoms with Crippen LogP contribution in [-0.4, -0.2) is 18.9 Å². The van der Waals surface area contributed by atoms with Crippen LogP contribution in [0.15, 0.2) is 47.4 Å². The molecule has 0 radical (unpaired) electrons. The van der Waals surface area contributed by atoms with Gasteiger partial charge in [0.05, 0.1) is 7.11 Å². The van der Waals surface area contributed by atoms with Crippen LogP contribution in [0.5, 0.6) is 5.75 Å². The Morgan fingerprint density at radius 3 is 2.76 bits per heavy atom. The summed E-state index contributed by atoms with van der Waals surface area (Å²) >= 11 is 7.83. The van der Waals surface area contributed by atoms with Crippen molar-refractivity contribution in [2.24, 2.45) is 5.73 Å². The zero-order valence-electron chi connectivity index (χ0n) is 12.3. The fourth-order valence-corrected chi connectivity index (χ4v) is 3.32. The summed E-state index contributed by atoms with van der Waals surface area (Å²) in [6, 6.07) is 14.2. The van der Waals surface area contributed by atoms with Crippen molar-refractivity contribution in [3.8, 4) is 5.75 Å². The lowest BCUT2D eigenvalue weighted by Crippen LogP contribution is -2.25. The molecule has 4 heteroatoms. The molecule has 0 aliphatic rings. The SMILES string of the molecule is COc1ccc(Cl)cc1CC(N)CSc1cccc(C)c1. The lowest BCUT2D eigenvalue weighted by atomic mass is 10.1. The molecule has 0 saturated carbocycles. The van der Waals surface area contributed by atoms with Crippen LogP contribution >= 0.6 is 23.4 Å². The van der Waals surface area contributed by atoms with Crippen LogP contribution in [0, 0.1) is 6.92 Å². The zero-order valence-corrected chi connectivity index (χ0v) is 13.9. The number of rotatable bonds is 6. The smallest absolute Gasteiger partial charge is 0.122 e. The van der Waals surface area contributed by atoms with Gasteiger partial charge in [-0.3, -0.25) is 0 Å². The van der Waals surface area contributed by atoms with E-state index in [1.807, 2.05) is 18.2 Å². The van der Waals surface area contributed by atoms with E-state index in [0.717, 1.165) is 23.5 Å². The van der Waals surface area contributed by atoms with Crippen LogP contribution in [0.25, 0.3) is 0 Å². The molecule has 0 amide bonds. The molecule has 0 bridgehead atoms. The van der Waals surface area contributed by atoms with Gasteiger partial charge < -0.3 is 10.5 Å². The number of nitrogens with two attached hydrogens (primary N) is 1. The van der Waals surface area contributed by atoms with E-state index in [9.17, 15) is 0 Å². The number of thioether (sulfide) groups is 1. The molecule has 2 rings (SSSR count). The van der Waals surface area contributed by atoms with Crippen molar-refractivity contribution in [3.63, 3.8) is 0 Å². The third-order valence-electron chi connectivity index (χ3n) is 3.18. The number of hydrogen-bond donors (Lipinski definition) is 1. The highest BCUT2D eigenvalue weighted by molar-refractivity contribution is 7.99. The van der Waals surface area contributed by atoms with E-state index in [1.54, 1.807) is 18.9 Å². The van der Waals surface area contributed by atoms with Crippen molar-refractivity contribution in [3.05, 3.63) is 58.6 Å². The Labute approximate surface area is 135 Å². The minimum absolute atomic E-state index is 0.0582. The molecule has 21 heavy (non-hydrogen) atoms. The summed E-state index contributed by atoms with van der Waals surface area (Å²) < 4.78 is 5.36. The molecular formula is C17H20ClNOS. The van der Waals surface area contributed by atoms with E-state index in [0.29, 0.717) is 5.02 Å². The maximum atomic E-state index is 6.25. The van der Waals surface area contributed by atoms with Crippen molar-refractivity contribution in [1.82, 2.24) is 0 Å². The average Bonchev–Trinajstić information content (AvgIpc) is 2.45. The molecule has 2 aromatic carbocycles. The molecule has 0 aliphatic carbocycles. The number of aryl methyl sites for hydroxylation is 1. The van der Waals surface area contributed by atoms with E-state index in [1.165, 1.54) is 10.5 Å². The molecule has 1 unspecified atom stereocenters. The molecule has 0 fully saturated rings. The molecule has 112 valence electrons. The molecule has 2 nitrogen and oxygen atoms in total. The zero-order chi connectivity index (χ0) is 15.2. The normalized spacial score (nSPS) is 12.2. The van der Waals surface area contributed by atoms with E-state index in [4.69, 9.17) is 22.1 Å². The summed E-state index contributed by atoms with van der Waals surface area (Å²) in [5, 5.41) is 0.712. The number of ether oxygens (including phenoxy) is 1. The van der Waals surface area contributed by atoms with Crippen molar-refractivity contribution in [1.29, 1.82) is 0 Å². The maximum absolute atomic E-state index is 6.25. The third-order valence-corrected chi connectivity index (χ3v) is 4.60. The van der Waals surface area contributed by atoms with Crippen LogP contribution in [0.4, 0.5) is 0 Å². The van der Waals surface area contributed by atoms with E-state index in [-0.39, 0.29) is 6.04 Å². The maximum Gasteiger partial charge on any atom is 0.122 e. The topological polar surface area (TPSA) is 35.2 Å². The highest BCUT2D eigenvalue weighted by Crippen LogP contribution is 2.25. The Kier molecular flexibility index (Phi) is 5.97. The van der Waals surface area contributed by atoms with Crippen LogP contribution in [-0.2, 0) is 6.42 Å². The van der Waals surface area contributed by atoms with E-state index >= 15 is 0 Å². The fraction of sp³-hybridized carbons (Fsp3) is 0.294. The second-order valence-electron chi connectivity index (χ2n) is 5.05. The quantitative estimate of drug-likeness (QED) is 0.805. The summed E-state index contributed by atoms with van der Waals surface area (Å²) in [5.74, 6) is 1.70. The van der Waals surface area contributed by atoms with E-state index in [2.05, 4.69) is 31.2 Å². The van der Waals surface area contributed by atoms with Crippen LogP contribution < -0.4 is 10.5 Å². The van der Waals surface area contributed by atoms with Gasteiger partial charge in [0, 0.05) is 21.7 Å². The summed E-state index contributed by atoms with van der Waals surface area (Å²) in [7, 11) is 1.67. The average molecular weight is 322 g/mol. The summed E-state index contributed by atoms with van der Waals surface area (Å²) in [4.78, 5) is 1.25. The van der Waals surface area contributed by atoms with Gasteiger partial charge in [-0.05, 0) is 49.2 Å². The number of halogens is 1. The molecule has 0 aromatic heterocycles. The molecule has 1 atom stereocenters. The highest BCUT2D eigenvalue weighted by atomic mass is 35.5. The summed E-state index contributed by atoms with van der Waals surface area (Å²) in [5.41, 5.74) is 8.57. The Morgan fingerprint density at radius 1 is 1.24 bits per heavy atom. The fourth-order valence-electron chi connectivity index (χ4n) is 2.16. The molecule has 0 aliphatic heterocycles. The van der Waals surface area contributed by atoms with Crippen LogP contribution in [0.3, 0.4) is 0 Å². The minimum atomic E-state index is 0.0582. The van der Waals surface area contributed by atoms with Gasteiger partial charge in [0.15, 0.2) is 0 Å². The predicted octanol–water partition coefficient (Wildman–Crippen LogP) is 4.32. The Hall–Kier alpha value is -1.16. The first-order chi connectivity index (χ1) is 10.1. The molecule has 0 saturated heterocycles. The Morgan fingerprint density at radius 2 is 2.05 bits per heavy atom. The predicted molar refractivity (Wildman–Crippen MR) is 91.6 cm³/mol. The largest absolute Gasteiger partial charge is 0.496 e. The lowest BCUT2D eigenvalue weighted by Gasteiger charge is -2.14. The molecule has 2 aromatic rings. The Balaban J connectivity index is 1.95. The molecule has 0 spiro atoms. The summed E-state index contributed by atoms with van der Waals surface area (Å²) in [6.45, 7) is 2.10. The highest BCUT2D eigenvalue weighted by Gasteiger charge is 2.10.